The Balaban J connectivity index is 2.37. The van der Waals surface area contributed by atoms with Crippen LogP contribution in [0.3, 0.4) is 0 Å². The van der Waals surface area contributed by atoms with Gasteiger partial charge in [-0.25, -0.2) is 0 Å². The molecule has 0 saturated heterocycles. The Kier molecular flexibility index (Phi) is 4.75. The predicted octanol–water partition coefficient (Wildman–Crippen LogP) is 2.04. The lowest BCUT2D eigenvalue weighted by atomic mass is 10.0. The number of carbonyl (C=O) groups excluding carboxylic acids is 1. The van der Waals surface area contributed by atoms with Crippen LogP contribution >= 0.6 is 0 Å². The molecule has 0 aliphatic rings. The Morgan fingerprint density at radius 3 is 2.82 bits per heavy atom. The van der Waals surface area contributed by atoms with Crippen molar-refractivity contribution in [2.45, 2.75) is 39.2 Å². The first-order valence-electron chi connectivity index (χ1n) is 5.95. The Morgan fingerprint density at radius 2 is 2.29 bits per heavy atom. The van der Waals surface area contributed by atoms with Gasteiger partial charge in [-0.05, 0) is 31.4 Å². The van der Waals surface area contributed by atoms with Gasteiger partial charge in [-0.15, -0.1) is 0 Å². The molecule has 0 aromatic carbocycles. The van der Waals surface area contributed by atoms with E-state index in [1.807, 2.05) is 0 Å². The molecule has 17 heavy (non-hydrogen) atoms. The molecule has 1 atom stereocenters. The normalized spacial score (nSPS) is 14.6. The highest BCUT2D eigenvalue weighted by Crippen LogP contribution is 2.19. The number of carbonyl (C=O) groups is 1. The summed E-state index contributed by atoms with van der Waals surface area (Å²) in [7, 11) is 0. The molecule has 1 unspecified atom stereocenters. The monoisotopic (exact) mass is 239 g/mol. The molecular formula is C13H21NO3. The minimum Gasteiger partial charge on any atom is -0.466 e. The van der Waals surface area contributed by atoms with Gasteiger partial charge in [0.2, 0.25) is 5.91 Å². The second-order valence-corrected chi connectivity index (χ2v) is 4.96. The molecule has 1 heterocycles. The number of hydrogen-bond acceptors (Lipinski definition) is 3. The Labute approximate surface area is 102 Å². The topological polar surface area (TPSA) is 62.5 Å². The van der Waals surface area contributed by atoms with Gasteiger partial charge in [0, 0.05) is 6.42 Å². The Bertz CT molecular complexity index is 342. The third kappa shape index (κ3) is 4.61. The number of hydrogen-bond donors (Lipinski definition) is 2. The molecule has 0 bridgehead atoms. The van der Waals surface area contributed by atoms with Gasteiger partial charge in [0.05, 0.1) is 12.8 Å². The summed E-state index contributed by atoms with van der Waals surface area (Å²) in [5.74, 6) is 0.929. The maximum Gasteiger partial charge on any atom is 0.220 e. The van der Waals surface area contributed by atoms with Crippen molar-refractivity contribution in [3.8, 4) is 0 Å². The number of nitrogens with one attached hydrogen (secondary N) is 1. The van der Waals surface area contributed by atoms with E-state index in [1.54, 1.807) is 19.1 Å². The summed E-state index contributed by atoms with van der Waals surface area (Å²) in [6.07, 6.45) is 2.85. The highest BCUT2D eigenvalue weighted by molar-refractivity contribution is 5.75. The summed E-state index contributed by atoms with van der Waals surface area (Å²) in [5, 5.41) is 12.8. The van der Waals surface area contributed by atoms with E-state index in [-0.39, 0.29) is 12.5 Å². The number of aliphatic hydroxyl groups is 1. The lowest BCUT2D eigenvalue weighted by molar-refractivity contribution is -0.122. The first-order valence-corrected chi connectivity index (χ1v) is 5.95. The van der Waals surface area contributed by atoms with Gasteiger partial charge >= 0.3 is 0 Å². The zero-order chi connectivity index (χ0) is 12.9. The second kappa shape index (κ2) is 5.87. The maximum atomic E-state index is 11.5. The summed E-state index contributed by atoms with van der Waals surface area (Å²) in [6, 6.07) is 3.41. The van der Waals surface area contributed by atoms with Gasteiger partial charge in [0.15, 0.2) is 0 Å². The van der Waals surface area contributed by atoms with Crippen LogP contribution in [0, 0.1) is 5.92 Å². The lowest BCUT2D eigenvalue weighted by Crippen LogP contribution is -2.38. The zero-order valence-electron chi connectivity index (χ0n) is 10.7. The van der Waals surface area contributed by atoms with Gasteiger partial charge in [-0.3, -0.25) is 4.79 Å². The third-order valence-electron chi connectivity index (χ3n) is 2.63. The van der Waals surface area contributed by atoms with Crippen molar-refractivity contribution in [3.05, 3.63) is 24.2 Å². The van der Waals surface area contributed by atoms with E-state index >= 15 is 0 Å². The zero-order valence-corrected chi connectivity index (χ0v) is 10.7. The van der Waals surface area contributed by atoms with E-state index < -0.39 is 5.60 Å². The second-order valence-electron chi connectivity index (χ2n) is 4.96. The van der Waals surface area contributed by atoms with Crippen LogP contribution in [0.25, 0.3) is 0 Å². The molecule has 0 spiro atoms. The van der Waals surface area contributed by atoms with E-state index in [1.165, 1.54) is 6.26 Å². The Hall–Kier alpha value is -1.29. The van der Waals surface area contributed by atoms with Crippen molar-refractivity contribution in [1.82, 2.24) is 5.32 Å². The quantitative estimate of drug-likeness (QED) is 0.798. The van der Waals surface area contributed by atoms with Crippen LogP contribution in [0.15, 0.2) is 22.8 Å². The molecule has 1 rings (SSSR count). The molecular weight excluding hydrogens is 218 g/mol. The molecule has 2 N–H and O–H groups in total. The molecule has 4 nitrogen and oxygen atoms in total. The Morgan fingerprint density at radius 1 is 1.59 bits per heavy atom. The summed E-state index contributed by atoms with van der Waals surface area (Å²) in [6.45, 7) is 5.94. The van der Waals surface area contributed by atoms with Crippen LogP contribution in [0.2, 0.25) is 0 Å². The van der Waals surface area contributed by atoms with Crippen LogP contribution in [-0.4, -0.2) is 17.6 Å². The summed E-state index contributed by atoms with van der Waals surface area (Å²) < 4.78 is 5.13. The van der Waals surface area contributed by atoms with E-state index in [0.29, 0.717) is 18.1 Å². The molecule has 1 amide bonds. The fraction of sp³-hybridized carbons (Fsp3) is 0.615. The van der Waals surface area contributed by atoms with Crippen molar-refractivity contribution in [3.63, 3.8) is 0 Å². The van der Waals surface area contributed by atoms with E-state index in [9.17, 15) is 9.90 Å². The lowest BCUT2D eigenvalue weighted by Gasteiger charge is -2.21. The van der Waals surface area contributed by atoms with Gasteiger partial charge in [0.1, 0.15) is 11.4 Å². The summed E-state index contributed by atoms with van der Waals surface area (Å²) in [4.78, 5) is 11.5. The van der Waals surface area contributed by atoms with Crippen molar-refractivity contribution in [2.75, 3.05) is 6.54 Å². The first kappa shape index (κ1) is 13.8. The molecule has 0 saturated carbocycles. The molecule has 0 aliphatic heterocycles. The van der Waals surface area contributed by atoms with Crippen LogP contribution < -0.4 is 5.32 Å². The van der Waals surface area contributed by atoms with Crippen LogP contribution in [0.5, 0.6) is 0 Å². The molecule has 0 aliphatic carbocycles. The van der Waals surface area contributed by atoms with Crippen molar-refractivity contribution < 1.29 is 14.3 Å². The molecule has 96 valence electrons. The number of rotatable bonds is 6. The van der Waals surface area contributed by atoms with Crippen molar-refractivity contribution in [1.29, 1.82) is 0 Å². The highest BCUT2D eigenvalue weighted by Gasteiger charge is 2.26. The minimum atomic E-state index is -1.16. The predicted molar refractivity (Wildman–Crippen MR) is 65.4 cm³/mol. The minimum absolute atomic E-state index is 0.0365. The molecule has 1 aromatic rings. The average molecular weight is 239 g/mol. The smallest absolute Gasteiger partial charge is 0.220 e. The average Bonchev–Trinajstić information content (AvgIpc) is 2.77. The van der Waals surface area contributed by atoms with Gasteiger partial charge in [0.25, 0.3) is 0 Å². The van der Waals surface area contributed by atoms with Gasteiger partial charge < -0.3 is 14.8 Å². The third-order valence-corrected chi connectivity index (χ3v) is 2.63. The fourth-order valence-electron chi connectivity index (χ4n) is 1.45. The molecule has 0 radical (unpaired) electrons. The SMILES string of the molecule is CC(C)CCC(=O)NCC(C)(O)c1ccco1. The fourth-order valence-corrected chi connectivity index (χ4v) is 1.45. The van der Waals surface area contributed by atoms with E-state index in [2.05, 4.69) is 19.2 Å². The first-order chi connectivity index (χ1) is 7.92. The summed E-state index contributed by atoms with van der Waals surface area (Å²) >= 11 is 0. The molecule has 0 fully saturated rings. The van der Waals surface area contributed by atoms with Crippen LogP contribution in [0.4, 0.5) is 0 Å². The van der Waals surface area contributed by atoms with Crippen LogP contribution in [-0.2, 0) is 10.4 Å². The number of furan rings is 1. The standard InChI is InChI=1S/C13H21NO3/c1-10(2)6-7-12(15)14-9-13(3,16)11-5-4-8-17-11/h4-5,8,10,16H,6-7,9H2,1-3H3,(H,14,15). The van der Waals surface area contributed by atoms with Crippen molar-refractivity contribution >= 4 is 5.91 Å². The highest BCUT2D eigenvalue weighted by atomic mass is 16.4. The van der Waals surface area contributed by atoms with Gasteiger partial charge in [-0.1, -0.05) is 13.8 Å². The largest absolute Gasteiger partial charge is 0.466 e. The van der Waals surface area contributed by atoms with Crippen molar-refractivity contribution in [2.24, 2.45) is 5.92 Å². The molecule has 4 heteroatoms. The summed E-state index contributed by atoms with van der Waals surface area (Å²) in [5.41, 5.74) is -1.16. The maximum absolute atomic E-state index is 11.5. The molecule has 1 aromatic heterocycles. The number of amides is 1. The van der Waals surface area contributed by atoms with E-state index in [4.69, 9.17) is 4.42 Å². The van der Waals surface area contributed by atoms with Gasteiger partial charge in [-0.2, -0.15) is 0 Å². The van der Waals surface area contributed by atoms with Crippen LogP contribution in [0.1, 0.15) is 39.4 Å². The van der Waals surface area contributed by atoms with E-state index in [0.717, 1.165) is 6.42 Å².